The molecule has 4 nitrogen and oxygen atoms in total. The van der Waals surface area contributed by atoms with E-state index in [2.05, 4.69) is 45.3 Å². The van der Waals surface area contributed by atoms with Gasteiger partial charge in [-0.2, -0.15) is 0 Å². The fraction of sp³-hybridized carbons (Fsp3) is 0.385. The van der Waals surface area contributed by atoms with Crippen molar-refractivity contribution in [2.24, 2.45) is 5.73 Å². The molecule has 1 aromatic carbocycles. The predicted octanol–water partition coefficient (Wildman–Crippen LogP) is 2.56. The highest BCUT2D eigenvalue weighted by atomic mass is 32.2. The molecule has 0 radical (unpaired) electrons. The predicted molar refractivity (Wildman–Crippen MR) is 81.6 cm³/mol. The molecule has 0 spiro atoms. The van der Waals surface area contributed by atoms with E-state index in [1.165, 1.54) is 10.5 Å². The van der Waals surface area contributed by atoms with Crippen molar-refractivity contribution in [3.05, 3.63) is 35.7 Å². The zero-order chi connectivity index (χ0) is 13.7. The van der Waals surface area contributed by atoms with Gasteiger partial charge >= 0.3 is 0 Å². The lowest BCUT2D eigenvalue weighted by Crippen LogP contribution is -2.12. The fourth-order valence-electron chi connectivity index (χ4n) is 1.72. The van der Waals surface area contributed by atoms with Gasteiger partial charge in [-0.25, -0.2) is 0 Å². The number of thioether (sulfide) groups is 2. The maximum atomic E-state index is 5.61. The van der Waals surface area contributed by atoms with Crippen LogP contribution in [-0.4, -0.2) is 27.6 Å². The summed E-state index contributed by atoms with van der Waals surface area (Å²) in [5, 5.41) is 9.25. The largest absolute Gasteiger partial charge is 0.329 e. The van der Waals surface area contributed by atoms with Crippen LogP contribution in [0.4, 0.5) is 0 Å². The van der Waals surface area contributed by atoms with Crippen molar-refractivity contribution in [2.75, 3.05) is 12.8 Å². The van der Waals surface area contributed by atoms with E-state index in [1.54, 1.807) is 23.5 Å². The molecule has 1 heterocycles. The molecule has 2 rings (SSSR count). The van der Waals surface area contributed by atoms with Gasteiger partial charge in [0.15, 0.2) is 5.16 Å². The third kappa shape index (κ3) is 3.75. The van der Waals surface area contributed by atoms with Gasteiger partial charge in [-0.15, -0.1) is 22.0 Å². The van der Waals surface area contributed by atoms with Crippen molar-refractivity contribution in [2.45, 2.75) is 29.3 Å². The Labute approximate surface area is 122 Å². The van der Waals surface area contributed by atoms with E-state index in [0.29, 0.717) is 6.54 Å². The summed E-state index contributed by atoms with van der Waals surface area (Å²) in [6.07, 6.45) is 2.09. The lowest BCUT2D eigenvalue weighted by Gasteiger charge is -2.06. The van der Waals surface area contributed by atoms with Gasteiger partial charge in [-0.1, -0.05) is 23.9 Å². The molecule has 6 heteroatoms. The molecule has 0 bridgehead atoms. The zero-order valence-corrected chi connectivity index (χ0v) is 12.8. The third-order valence-electron chi connectivity index (χ3n) is 2.78. The molecule has 102 valence electrons. The number of hydrogen-bond acceptors (Lipinski definition) is 5. The van der Waals surface area contributed by atoms with Gasteiger partial charge in [0.25, 0.3) is 0 Å². The summed E-state index contributed by atoms with van der Waals surface area (Å²) >= 11 is 3.46. The van der Waals surface area contributed by atoms with Crippen molar-refractivity contribution in [3.63, 3.8) is 0 Å². The molecule has 0 aliphatic heterocycles. The van der Waals surface area contributed by atoms with Crippen molar-refractivity contribution in [1.82, 2.24) is 14.8 Å². The van der Waals surface area contributed by atoms with Crippen molar-refractivity contribution >= 4 is 23.5 Å². The van der Waals surface area contributed by atoms with Crippen molar-refractivity contribution in [3.8, 4) is 0 Å². The number of aromatic nitrogens is 3. The van der Waals surface area contributed by atoms with Crippen LogP contribution in [0.3, 0.4) is 0 Å². The van der Waals surface area contributed by atoms with E-state index in [-0.39, 0.29) is 0 Å². The van der Waals surface area contributed by atoms with E-state index in [1.807, 2.05) is 6.92 Å². The minimum Gasteiger partial charge on any atom is -0.329 e. The van der Waals surface area contributed by atoms with Gasteiger partial charge in [0, 0.05) is 23.7 Å². The van der Waals surface area contributed by atoms with Crippen molar-refractivity contribution in [1.29, 1.82) is 0 Å². The Morgan fingerprint density at radius 1 is 1.21 bits per heavy atom. The van der Waals surface area contributed by atoms with E-state index in [9.17, 15) is 0 Å². The molecule has 2 N–H and O–H groups in total. The highest BCUT2D eigenvalue weighted by Gasteiger charge is 2.08. The third-order valence-corrected chi connectivity index (χ3v) is 4.56. The van der Waals surface area contributed by atoms with Crippen LogP contribution < -0.4 is 5.73 Å². The average molecular weight is 294 g/mol. The van der Waals surface area contributed by atoms with Crippen LogP contribution >= 0.6 is 23.5 Å². The van der Waals surface area contributed by atoms with Gasteiger partial charge in [0.05, 0.1) is 0 Å². The molecule has 1 aromatic heterocycles. The molecule has 0 saturated carbocycles. The average Bonchev–Trinajstić information content (AvgIpc) is 2.79. The van der Waals surface area contributed by atoms with Gasteiger partial charge in [-0.05, 0) is 30.9 Å². The molecule has 0 saturated heterocycles. The minimum atomic E-state index is 0.606. The normalized spacial score (nSPS) is 10.9. The van der Waals surface area contributed by atoms with E-state index in [4.69, 9.17) is 5.73 Å². The lowest BCUT2D eigenvalue weighted by molar-refractivity contribution is 0.627. The highest BCUT2D eigenvalue weighted by molar-refractivity contribution is 7.98. The Balaban J connectivity index is 2.01. The van der Waals surface area contributed by atoms with E-state index in [0.717, 1.165) is 23.3 Å². The maximum absolute atomic E-state index is 5.61. The summed E-state index contributed by atoms with van der Waals surface area (Å²) in [5.74, 6) is 1.82. The number of benzene rings is 1. The lowest BCUT2D eigenvalue weighted by atomic mass is 10.2. The quantitative estimate of drug-likeness (QED) is 0.830. The molecule has 2 aromatic rings. The first-order valence-corrected chi connectivity index (χ1v) is 8.31. The Morgan fingerprint density at radius 3 is 2.58 bits per heavy atom. The van der Waals surface area contributed by atoms with Crippen LogP contribution in [0, 0.1) is 6.92 Å². The number of hydrogen-bond donors (Lipinski definition) is 1. The van der Waals surface area contributed by atoms with Gasteiger partial charge < -0.3 is 10.3 Å². The molecule has 0 aliphatic rings. The summed E-state index contributed by atoms with van der Waals surface area (Å²) in [7, 11) is 0. The smallest absolute Gasteiger partial charge is 0.191 e. The Bertz CT molecular complexity index is 522. The minimum absolute atomic E-state index is 0.606. The molecule has 0 unspecified atom stereocenters. The first-order chi connectivity index (χ1) is 9.24. The monoisotopic (exact) mass is 294 g/mol. The standard InChI is InChI=1S/C13H18N4S2/c1-10-15-16-13(17(10)8-7-14)19-9-11-3-5-12(18-2)6-4-11/h3-6H,7-9,14H2,1-2H3. The Hall–Kier alpha value is -0.980. The summed E-state index contributed by atoms with van der Waals surface area (Å²) in [6.45, 7) is 3.33. The first kappa shape index (κ1) is 14.4. The van der Waals surface area contributed by atoms with E-state index >= 15 is 0 Å². The topological polar surface area (TPSA) is 56.7 Å². The Kier molecular flexibility index (Phi) is 5.30. The molecule has 0 amide bonds. The van der Waals surface area contributed by atoms with Gasteiger partial charge in [-0.3, -0.25) is 0 Å². The molecule has 19 heavy (non-hydrogen) atoms. The van der Waals surface area contributed by atoms with E-state index < -0.39 is 0 Å². The summed E-state index contributed by atoms with van der Waals surface area (Å²) < 4.78 is 2.07. The molecular weight excluding hydrogens is 276 g/mol. The number of aryl methyl sites for hydroxylation is 1. The van der Waals surface area contributed by atoms with Crippen molar-refractivity contribution < 1.29 is 0 Å². The number of nitrogens with two attached hydrogens (primary N) is 1. The highest BCUT2D eigenvalue weighted by Crippen LogP contribution is 2.23. The van der Waals surface area contributed by atoms with Crippen LogP contribution in [0.25, 0.3) is 0 Å². The number of rotatable bonds is 6. The number of nitrogens with zero attached hydrogens (tertiary/aromatic N) is 3. The van der Waals surface area contributed by atoms with Crippen LogP contribution in [0.15, 0.2) is 34.3 Å². The molecule has 0 atom stereocenters. The first-order valence-electron chi connectivity index (χ1n) is 6.10. The molecule has 0 fully saturated rings. The second-order valence-corrected chi connectivity index (χ2v) is 5.93. The van der Waals surface area contributed by atoms with Gasteiger partial charge in [0.2, 0.25) is 0 Å². The van der Waals surface area contributed by atoms with Crippen LogP contribution in [-0.2, 0) is 12.3 Å². The zero-order valence-electron chi connectivity index (χ0n) is 11.2. The SMILES string of the molecule is CSc1ccc(CSc2nnc(C)n2CCN)cc1. The van der Waals surface area contributed by atoms with Crippen LogP contribution in [0.2, 0.25) is 0 Å². The second-order valence-electron chi connectivity index (χ2n) is 4.11. The maximum Gasteiger partial charge on any atom is 0.191 e. The summed E-state index contributed by atoms with van der Waals surface area (Å²) in [6, 6.07) is 8.62. The fourth-order valence-corrected chi connectivity index (χ4v) is 3.10. The van der Waals surface area contributed by atoms with Gasteiger partial charge in [0.1, 0.15) is 5.82 Å². The van der Waals surface area contributed by atoms with Crippen LogP contribution in [0.5, 0.6) is 0 Å². The summed E-state index contributed by atoms with van der Waals surface area (Å²) in [4.78, 5) is 1.29. The summed E-state index contributed by atoms with van der Waals surface area (Å²) in [5.41, 5.74) is 6.90. The Morgan fingerprint density at radius 2 is 1.95 bits per heavy atom. The van der Waals surface area contributed by atoms with Crippen LogP contribution in [0.1, 0.15) is 11.4 Å². The second kappa shape index (κ2) is 6.98. The molecule has 0 aliphatic carbocycles. The molecular formula is C13H18N4S2.